The Morgan fingerprint density at radius 2 is 2.00 bits per heavy atom. The summed E-state index contributed by atoms with van der Waals surface area (Å²) < 4.78 is 1.23. The van der Waals surface area contributed by atoms with Gasteiger partial charge >= 0.3 is 0 Å². The van der Waals surface area contributed by atoms with E-state index in [4.69, 9.17) is 0 Å². The first-order valence-electron chi connectivity index (χ1n) is 4.69. The average Bonchev–Trinajstić information content (AvgIpc) is 2.15. The normalized spacial score (nSPS) is 9.92. The van der Waals surface area contributed by atoms with E-state index in [1.807, 2.05) is 6.08 Å². The Morgan fingerprint density at radius 1 is 1.23 bits per heavy atom. The van der Waals surface area contributed by atoms with Crippen LogP contribution in [0.25, 0.3) is 0 Å². The van der Waals surface area contributed by atoms with Gasteiger partial charge in [0, 0.05) is 4.47 Å². The molecule has 0 bridgehead atoms. The second kappa shape index (κ2) is 5.98. The van der Waals surface area contributed by atoms with Gasteiger partial charge in [-0.25, -0.2) is 0 Å². The van der Waals surface area contributed by atoms with E-state index >= 15 is 0 Å². The van der Waals surface area contributed by atoms with Crippen molar-refractivity contribution in [1.82, 2.24) is 0 Å². The summed E-state index contributed by atoms with van der Waals surface area (Å²) in [7, 11) is 0. The molecule has 0 fully saturated rings. The molecule has 0 spiro atoms. The minimum absolute atomic E-state index is 1.13. The molecule has 0 heterocycles. The number of benzene rings is 1. The SMILES string of the molecule is C=CCCCCc1ccccc1Br. The van der Waals surface area contributed by atoms with Gasteiger partial charge in [-0.15, -0.1) is 6.58 Å². The third-order valence-corrected chi connectivity index (χ3v) is 2.84. The van der Waals surface area contributed by atoms with Crippen molar-refractivity contribution in [1.29, 1.82) is 0 Å². The average molecular weight is 239 g/mol. The van der Waals surface area contributed by atoms with Crippen LogP contribution in [-0.2, 0) is 6.42 Å². The maximum absolute atomic E-state index is 3.71. The quantitative estimate of drug-likeness (QED) is 0.529. The number of unbranched alkanes of at least 4 members (excludes halogenated alkanes) is 2. The highest BCUT2D eigenvalue weighted by atomic mass is 79.9. The van der Waals surface area contributed by atoms with Gasteiger partial charge in [-0.1, -0.05) is 40.2 Å². The first-order valence-corrected chi connectivity index (χ1v) is 5.48. The van der Waals surface area contributed by atoms with Crippen LogP contribution in [0.3, 0.4) is 0 Å². The van der Waals surface area contributed by atoms with Crippen LogP contribution in [0.4, 0.5) is 0 Å². The lowest BCUT2D eigenvalue weighted by Gasteiger charge is -2.02. The van der Waals surface area contributed by atoms with Crippen LogP contribution in [0.15, 0.2) is 41.4 Å². The van der Waals surface area contributed by atoms with Crippen LogP contribution < -0.4 is 0 Å². The van der Waals surface area contributed by atoms with Crippen molar-refractivity contribution < 1.29 is 0 Å². The van der Waals surface area contributed by atoms with Gasteiger partial charge in [-0.3, -0.25) is 0 Å². The minimum atomic E-state index is 1.13. The highest BCUT2D eigenvalue weighted by Crippen LogP contribution is 2.18. The fourth-order valence-electron chi connectivity index (χ4n) is 1.31. The van der Waals surface area contributed by atoms with Gasteiger partial charge < -0.3 is 0 Å². The molecule has 0 aliphatic heterocycles. The molecule has 0 aromatic heterocycles. The van der Waals surface area contributed by atoms with Crippen molar-refractivity contribution in [2.75, 3.05) is 0 Å². The molecule has 0 N–H and O–H groups in total. The molecule has 0 saturated heterocycles. The zero-order chi connectivity index (χ0) is 9.52. The Labute approximate surface area is 88.8 Å². The molecule has 70 valence electrons. The minimum Gasteiger partial charge on any atom is -0.103 e. The van der Waals surface area contributed by atoms with E-state index in [0.717, 1.165) is 12.8 Å². The molecule has 1 rings (SSSR count). The highest BCUT2D eigenvalue weighted by Gasteiger charge is 1.96. The Kier molecular flexibility index (Phi) is 4.84. The van der Waals surface area contributed by atoms with Gasteiger partial charge in [0.15, 0.2) is 0 Å². The van der Waals surface area contributed by atoms with Crippen LogP contribution in [-0.4, -0.2) is 0 Å². The van der Waals surface area contributed by atoms with Gasteiger partial charge in [-0.05, 0) is 37.3 Å². The summed E-state index contributed by atoms with van der Waals surface area (Å²) >= 11 is 3.55. The lowest BCUT2D eigenvalue weighted by molar-refractivity contribution is 0.746. The number of hydrogen-bond donors (Lipinski definition) is 0. The summed E-state index contributed by atoms with van der Waals surface area (Å²) in [6.07, 6.45) is 6.76. The maximum atomic E-state index is 3.71. The molecule has 0 aliphatic rings. The van der Waals surface area contributed by atoms with Gasteiger partial charge in [0.25, 0.3) is 0 Å². The van der Waals surface area contributed by atoms with Crippen molar-refractivity contribution in [3.63, 3.8) is 0 Å². The van der Waals surface area contributed by atoms with Crippen molar-refractivity contribution in [3.8, 4) is 0 Å². The molecule has 1 heteroatoms. The van der Waals surface area contributed by atoms with E-state index in [0.29, 0.717) is 0 Å². The van der Waals surface area contributed by atoms with Crippen molar-refractivity contribution in [2.24, 2.45) is 0 Å². The van der Waals surface area contributed by atoms with Gasteiger partial charge in [0.1, 0.15) is 0 Å². The van der Waals surface area contributed by atoms with Crippen LogP contribution in [0.2, 0.25) is 0 Å². The molecular weight excluding hydrogens is 224 g/mol. The molecule has 0 amide bonds. The fraction of sp³-hybridized carbons (Fsp3) is 0.333. The maximum Gasteiger partial charge on any atom is 0.0207 e. The van der Waals surface area contributed by atoms with E-state index < -0.39 is 0 Å². The first kappa shape index (κ1) is 10.5. The Hall–Kier alpha value is -0.560. The molecule has 0 unspecified atom stereocenters. The summed E-state index contributed by atoms with van der Waals surface area (Å²) in [4.78, 5) is 0. The van der Waals surface area contributed by atoms with Crippen LogP contribution in [0.1, 0.15) is 24.8 Å². The largest absolute Gasteiger partial charge is 0.103 e. The molecular formula is C12H15Br. The van der Waals surface area contributed by atoms with Crippen LogP contribution >= 0.6 is 15.9 Å². The zero-order valence-electron chi connectivity index (χ0n) is 7.80. The predicted molar refractivity (Wildman–Crippen MR) is 61.9 cm³/mol. The van der Waals surface area contributed by atoms with Gasteiger partial charge in [0.2, 0.25) is 0 Å². The number of hydrogen-bond acceptors (Lipinski definition) is 0. The molecule has 0 radical (unpaired) electrons. The first-order chi connectivity index (χ1) is 6.34. The third kappa shape index (κ3) is 3.77. The summed E-state index contributed by atoms with van der Waals surface area (Å²) in [5.74, 6) is 0. The summed E-state index contributed by atoms with van der Waals surface area (Å²) in [5, 5.41) is 0. The van der Waals surface area contributed by atoms with Crippen molar-refractivity contribution in [3.05, 3.63) is 47.0 Å². The van der Waals surface area contributed by atoms with E-state index in [1.54, 1.807) is 0 Å². The fourth-order valence-corrected chi connectivity index (χ4v) is 1.79. The molecule has 0 nitrogen and oxygen atoms in total. The van der Waals surface area contributed by atoms with Gasteiger partial charge in [0.05, 0.1) is 0 Å². The smallest absolute Gasteiger partial charge is 0.0207 e. The second-order valence-corrected chi connectivity index (χ2v) is 3.98. The molecule has 0 aliphatic carbocycles. The van der Waals surface area contributed by atoms with E-state index in [9.17, 15) is 0 Å². The van der Waals surface area contributed by atoms with Crippen LogP contribution in [0.5, 0.6) is 0 Å². The van der Waals surface area contributed by atoms with E-state index in [-0.39, 0.29) is 0 Å². The van der Waals surface area contributed by atoms with Crippen molar-refractivity contribution >= 4 is 15.9 Å². The van der Waals surface area contributed by atoms with Crippen molar-refractivity contribution in [2.45, 2.75) is 25.7 Å². The number of halogens is 1. The Morgan fingerprint density at radius 3 is 2.69 bits per heavy atom. The molecule has 13 heavy (non-hydrogen) atoms. The third-order valence-electron chi connectivity index (χ3n) is 2.06. The van der Waals surface area contributed by atoms with Gasteiger partial charge in [-0.2, -0.15) is 0 Å². The summed E-state index contributed by atoms with van der Waals surface area (Å²) in [6.45, 7) is 3.71. The number of allylic oxidation sites excluding steroid dienone is 1. The molecule has 1 aromatic rings. The highest BCUT2D eigenvalue weighted by molar-refractivity contribution is 9.10. The zero-order valence-corrected chi connectivity index (χ0v) is 9.39. The Balaban J connectivity index is 2.36. The monoisotopic (exact) mass is 238 g/mol. The van der Waals surface area contributed by atoms with E-state index in [1.165, 1.54) is 22.9 Å². The lowest BCUT2D eigenvalue weighted by Crippen LogP contribution is -1.86. The van der Waals surface area contributed by atoms with E-state index in [2.05, 4.69) is 46.8 Å². The molecule has 0 saturated carbocycles. The molecule has 1 aromatic carbocycles. The summed E-state index contributed by atoms with van der Waals surface area (Å²) in [5.41, 5.74) is 1.41. The molecule has 0 atom stereocenters. The predicted octanol–water partition coefficient (Wildman–Crippen LogP) is 4.35. The number of rotatable bonds is 5. The second-order valence-electron chi connectivity index (χ2n) is 3.13. The lowest BCUT2D eigenvalue weighted by atomic mass is 10.1. The van der Waals surface area contributed by atoms with Crippen LogP contribution in [0, 0.1) is 0 Å². The standard InChI is InChI=1S/C12H15Br/c1-2-3-4-5-8-11-9-6-7-10-12(11)13/h2,6-7,9-10H,1,3-5,8H2. The number of aryl methyl sites for hydroxylation is 1. The Bertz CT molecular complexity index is 266. The topological polar surface area (TPSA) is 0 Å². The summed E-state index contributed by atoms with van der Waals surface area (Å²) in [6, 6.07) is 8.42.